The minimum absolute atomic E-state index is 0.319. The molecular weight excluding hydrogens is 265 g/mol. The van der Waals surface area contributed by atoms with Crippen molar-refractivity contribution in [3.05, 3.63) is 30.1 Å². The summed E-state index contributed by atoms with van der Waals surface area (Å²) < 4.78 is 18.3. The summed E-state index contributed by atoms with van der Waals surface area (Å²) >= 11 is 0. The lowest BCUT2D eigenvalue weighted by Crippen LogP contribution is -2.57. The van der Waals surface area contributed by atoms with Gasteiger partial charge in [-0.25, -0.2) is 9.18 Å². The van der Waals surface area contributed by atoms with E-state index in [1.165, 1.54) is 52.0 Å². The lowest BCUT2D eigenvalue weighted by atomic mass is 10.0. The van der Waals surface area contributed by atoms with Crippen LogP contribution in [-0.2, 0) is 9.59 Å². The molecule has 5 nitrogen and oxygen atoms in total. The van der Waals surface area contributed by atoms with Gasteiger partial charge in [0, 0.05) is 0 Å². The van der Waals surface area contributed by atoms with Crippen molar-refractivity contribution in [1.82, 2.24) is 5.32 Å². The smallest absolute Gasteiger partial charge is 0.328 e. The lowest BCUT2D eigenvalue weighted by Gasteiger charge is -2.30. The van der Waals surface area contributed by atoms with Crippen LogP contribution in [0, 0.1) is 5.82 Å². The van der Waals surface area contributed by atoms with Crippen molar-refractivity contribution >= 4 is 11.9 Å². The maximum absolute atomic E-state index is 12.8. The molecule has 6 heteroatoms. The van der Waals surface area contributed by atoms with E-state index in [9.17, 15) is 14.0 Å². The highest BCUT2D eigenvalue weighted by Gasteiger charge is 2.37. The average molecular weight is 283 g/mol. The van der Waals surface area contributed by atoms with E-state index < -0.39 is 28.8 Å². The van der Waals surface area contributed by atoms with Crippen LogP contribution in [0.5, 0.6) is 5.75 Å². The van der Waals surface area contributed by atoms with E-state index in [1.807, 2.05) is 0 Å². The molecule has 0 fully saturated rings. The molecule has 20 heavy (non-hydrogen) atoms. The minimum atomic E-state index is -1.40. The van der Waals surface area contributed by atoms with Gasteiger partial charge < -0.3 is 15.2 Å². The molecule has 0 atom stereocenters. The Hall–Kier alpha value is -2.11. The van der Waals surface area contributed by atoms with Crippen molar-refractivity contribution in [2.24, 2.45) is 0 Å². The predicted molar refractivity (Wildman–Crippen MR) is 71.0 cm³/mol. The van der Waals surface area contributed by atoms with Gasteiger partial charge in [0.2, 0.25) is 0 Å². The molecule has 1 aromatic rings. The first-order valence-electron chi connectivity index (χ1n) is 6.05. The van der Waals surface area contributed by atoms with Crippen LogP contribution in [0.25, 0.3) is 0 Å². The van der Waals surface area contributed by atoms with E-state index in [-0.39, 0.29) is 0 Å². The quantitative estimate of drug-likeness (QED) is 0.866. The van der Waals surface area contributed by atoms with Crippen LogP contribution in [0.2, 0.25) is 0 Å². The fourth-order valence-electron chi connectivity index (χ4n) is 1.33. The maximum Gasteiger partial charge on any atom is 0.328 e. The van der Waals surface area contributed by atoms with Crippen LogP contribution in [0.1, 0.15) is 27.7 Å². The minimum Gasteiger partial charge on any atom is -0.480 e. The number of rotatable bonds is 5. The Kier molecular flexibility index (Phi) is 4.37. The number of carboxylic acids is 1. The highest BCUT2D eigenvalue weighted by molar-refractivity contribution is 5.90. The molecule has 0 bridgehead atoms. The Morgan fingerprint density at radius 2 is 1.65 bits per heavy atom. The Bertz CT molecular complexity index is 508. The number of hydrogen-bond donors (Lipinski definition) is 2. The van der Waals surface area contributed by atoms with Crippen LogP contribution in [-0.4, -0.2) is 28.1 Å². The normalized spacial score (nSPS) is 11.8. The molecule has 0 spiro atoms. The Balaban J connectivity index is 2.80. The van der Waals surface area contributed by atoms with Crippen LogP contribution >= 0.6 is 0 Å². The molecule has 0 saturated heterocycles. The molecule has 1 amide bonds. The van der Waals surface area contributed by atoms with Gasteiger partial charge >= 0.3 is 5.97 Å². The van der Waals surface area contributed by atoms with Crippen molar-refractivity contribution in [1.29, 1.82) is 0 Å². The van der Waals surface area contributed by atoms with Crippen LogP contribution in [0.15, 0.2) is 24.3 Å². The Morgan fingerprint density at radius 3 is 2.10 bits per heavy atom. The zero-order valence-corrected chi connectivity index (χ0v) is 11.9. The first-order valence-corrected chi connectivity index (χ1v) is 6.05. The Morgan fingerprint density at radius 1 is 1.15 bits per heavy atom. The number of nitrogens with one attached hydrogen (secondary N) is 1. The number of carboxylic acid groups (broad SMARTS) is 1. The zero-order valence-electron chi connectivity index (χ0n) is 11.9. The molecule has 0 aromatic heterocycles. The number of hydrogen-bond acceptors (Lipinski definition) is 3. The van der Waals surface area contributed by atoms with E-state index >= 15 is 0 Å². The highest BCUT2D eigenvalue weighted by atomic mass is 19.1. The third-order valence-electron chi connectivity index (χ3n) is 2.69. The topological polar surface area (TPSA) is 75.6 Å². The second-order valence-electron chi connectivity index (χ2n) is 5.45. The molecule has 2 N–H and O–H groups in total. The molecule has 0 heterocycles. The van der Waals surface area contributed by atoms with Crippen molar-refractivity contribution in [3.63, 3.8) is 0 Å². The molecule has 0 aliphatic heterocycles. The molecule has 1 rings (SSSR count). The van der Waals surface area contributed by atoms with Gasteiger partial charge in [0.15, 0.2) is 5.60 Å². The van der Waals surface area contributed by atoms with Gasteiger partial charge in [-0.1, -0.05) is 0 Å². The summed E-state index contributed by atoms with van der Waals surface area (Å²) in [7, 11) is 0. The van der Waals surface area contributed by atoms with Gasteiger partial charge in [0.1, 0.15) is 17.1 Å². The van der Waals surface area contributed by atoms with Gasteiger partial charge in [0.05, 0.1) is 0 Å². The summed E-state index contributed by atoms with van der Waals surface area (Å²) in [6.45, 7) is 5.76. The maximum atomic E-state index is 12.8. The second kappa shape index (κ2) is 5.48. The van der Waals surface area contributed by atoms with Crippen molar-refractivity contribution in [2.75, 3.05) is 0 Å². The molecule has 0 radical (unpaired) electrons. The predicted octanol–water partition coefficient (Wildman–Crippen LogP) is 1.96. The summed E-state index contributed by atoms with van der Waals surface area (Å²) in [5, 5.41) is 11.4. The fourth-order valence-corrected chi connectivity index (χ4v) is 1.33. The summed E-state index contributed by atoms with van der Waals surface area (Å²) in [5.41, 5.74) is -2.69. The van der Waals surface area contributed by atoms with E-state index in [4.69, 9.17) is 9.84 Å². The largest absolute Gasteiger partial charge is 0.480 e. The SMILES string of the molecule is CC(C)(NC(=O)C(C)(C)Oc1ccc(F)cc1)C(=O)O. The summed E-state index contributed by atoms with van der Waals surface area (Å²) in [4.78, 5) is 23.1. The standard InChI is InChI=1S/C14H18FNO4/c1-13(2,12(18)19)16-11(17)14(3,4)20-10-7-5-9(15)6-8-10/h5-8H,1-4H3,(H,16,17)(H,18,19). The van der Waals surface area contributed by atoms with Gasteiger partial charge in [-0.2, -0.15) is 0 Å². The van der Waals surface area contributed by atoms with Crippen molar-refractivity contribution < 1.29 is 23.8 Å². The first-order chi connectivity index (χ1) is 9.04. The molecular formula is C14H18FNO4. The summed E-state index contributed by atoms with van der Waals surface area (Å²) in [6.07, 6.45) is 0. The van der Waals surface area contributed by atoms with E-state index in [0.29, 0.717) is 5.75 Å². The molecule has 0 aliphatic rings. The zero-order chi connectivity index (χ0) is 15.6. The molecule has 0 unspecified atom stereocenters. The molecule has 0 aliphatic carbocycles. The highest BCUT2D eigenvalue weighted by Crippen LogP contribution is 2.19. The number of ether oxygens (including phenoxy) is 1. The van der Waals surface area contributed by atoms with E-state index in [2.05, 4.69) is 5.32 Å². The van der Waals surface area contributed by atoms with Crippen molar-refractivity contribution in [3.8, 4) is 5.75 Å². The van der Waals surface area contributed by atoms with Crippen LogP contribution in [0.3, 0.4) is 0 Å². The summed E-state index contributed by atoms with van der Waals surface area (Å²) in [6, 6.07) is 5.22. The molecule has 110 valence electrons. The molecule has 0 saturated carbocycles. The number of carbonyl (C=O) groups excluding carboxylic acids is 1. The first kappa shape index (κ1) is 15.9. The second-order valence-corrected chi connectivity index (χ2v) is 5.45. The van der Waals surface area contributed by atoms with Gasteiger partial charge in [-0.05, 0) is 52.0 Å². The monoisotopic (exact) mass is 283 g/mol. The van der Waals surface area contributed by atoms with E-state index in [0.717, 1.165) is 0 Å². The van der Waals surface area contributed by atoms with Gasteiger partial charge in [0.25, 0.3) is 5.91 Å². The fraction of sp³-hybridized carbons (Fsp3) is 0.429. The van der Waals surface area contributed by atoms with Crippen LogP contribution in [0.4, 0.5) is 4.39 Å². The van der Waals surface area contributed by atoms with Gasteiger partial charge in [-0.3, -0.25) is 4.79 Å². The number of halogens is 1. The number of amides is 1. The number of benzene rings is 1. The number of carbonyl (C=O) groups is 2. The summed E-state index contributed by atoms with van der Waals surface area (Å²) in [5.74, 6) is -1.82. The van der Waals surface area contributed by atoms with Crippen molar-refractivity contribution in [2.45, 2.75) is 38.8 Å². The lowest BCUT2D eigenvalue weighted by molar-refractivity contribution is -0.149. The average Bonchev–Trinajstić information content (AvgIpc) is 2.31. The van der Waals surface area contributed by atoms with Crippen LogP contribution < -0.4 is 10.1 Å². The number of aliphatic carboxylic acids is 1. The third kappa shape index (κ3) is 3.94. The Labute approximate surface area is 116 Å². The van der Waals surface area contributed by atoms with Gasteiger partial charge in [-0.15, -0.1) is 0 Å². The van der Waals surface area contributed by atoms with E-state index in [1.54, 1.807) is 0 Å². The third-order valence-corrected chi connectivity index (χ3v) is 2.69. The molecule has 1 aromatic carbocycles.